The fourth-order valence-corrected chi connectivity index (χ4v) is 5.46. The van der Waals surface area contributed by atoms with Gasteiger partial charge in [-0.2, -0.15) is 12.7 Å². The Bertz CT molecular complexity index is 630. The summed E-state index contributed by atoms with van der Waals surface area (Å²) in [5.41, 5.74) is 2.40. The van der Waals surface area contributed by atoms with Crippen molar-refractivity contribution in [2.45, 2.75) is 43.6 Å². The summed E-state index contributed by atoms with van der Waals surface area (Å²) in [6.07, 6.45) is 0.328. The second-order valence-electron chi connectivity index (χ2n) is 5.62. The number of fused-ring (bicyclic) bond motifs is 5. The molecule has 2 bridgehead atoms. The molecule has 116 valence electrons. The molecule has 0 amide bonds. The Balaban J connectivity index is 1.85. The minimum Gasteiger partial charge on any atom is -0.254 e. The van der Waals surface area contributed by atoms with Gasteiger partial charge < -0.3 is 0 Å². The fourth-order valence-electron chi connectivity index (χ4n) is 3.66. The zero-order chi connectivity index (χ0) is 15.2. The lowest BCUT2D eigenvalue weighted by molar-refractivity contribution is 0.172. The van der Waals surface area contributed by atoms with Gasteiger partial charge in [-0.05, 0) is 17.5 Å². The van der Waals surface area contributed by atoms with Crippen LogP contribution in [0.4, 0.5) is 0 Å². The molecule has 3 rings (SSSR count). The predicted molar refractivity (Wildman–Crippen MR) is 82.9 cm³/mol. The van der Waals surface area contributed by atoms with Crippen LogP contribution in [0.5, 0.6) is 0 Å². The summed E-state index contributed by atoms with van der Waals surface area (Å²) >= 11 is 6.52. The SMILES string of the molecule is CCN(CC)S(=O)(=O)O[C@H]1C[C@H]2c3ccccc3[C@@H]1[C@@H]2Cl. The summed E-state index contributed by atoms with van der Waals surface area (Å²) in [6.45, 7) is 4.46. The van der Waals surface area contributed by atoms with Crippen molar-refractivity contribution >= 4 is 21.9 Å². The highest BCUT2D eigenvalue weighted by molar-refractivity contribution is 7.84. The van der Waals surface area contributed by atoms with Gasteiger partial charge in [0.05, 0.1) is 6.10 Å². The van der Waals surface area contributed by atoms with E-state index < -0.39 is 10.3 Å². The molecule has 0 aromatic heterocycles. The Morgan fingerprint density at radius 1 is 1.24 bits per heavy atom. The fraction of sp³-hybridized carbons (Fsp3) is 0.600. The van der Waals surface area contributed by atoms with E-state index in [0.29, 0.717) is 19.5 Å². The maximum absolute atomic E-state index is 12.3. The largest absolute Gasteiger partial charge is 0.338 e. The molecular formula is C15H20ClNO3S. The molecule has 0 heterocycles. The Morgan fingerprint density at radius 2 is 1.86 bits per heavy atom. The van der Waals surface area contributed by atoms with E-state index >= 15 is 0 Å². The van der Waals surface area contributed by atoms with Crippen LogP contribution in [-0.4, -0.2) is 37.3 Å². The van der Waals surface area contributed by atoms with Crippen LogP contribution in [0, 0.1) is 0 Å². The quantitative estimate of drug-likeness (QED) is 0.780. The van der Waals surface area contributed by atoms with E-state index in [0.717, 1.165) is 5.56 Å². The maximum Gasteiger partial charge on any atom is 0.338 e. The van der Waals surface area contributed by atoms with Crippen molar-refractivity contribution in [3.63, 3.8) is 0 Å². The lowest BCUT2D eigenvalue weighted by atomic mass is 9.90. The Kier molecular flexibility index (Phi) is 4.03. The maximum atomic E-state index is 12.3. The highest BCUT2D eigenvalue weighted by Crippen LogP contribution is 2.56. The van der Waals surface area contributed by atoms with Crippen molar-refractivity contribution in [2.24, 2.45) is 0 Å². The lowest BCUT2D eigenvalue weighted by Crippen LogP contribution is -2.36. The number of nitrogens with zero attached hydrogens (tertiary/aromatic N) is 1. The minimum absolute atomic E-state index is 0.0294. The van der Waals surface area contributed by atoms with Crippen LogP contribution in [0.3, 0.4) is 0 Å². The molecule has 1 aromatic rings. The van der Waals surface area contributed by atoms with Crippen LogP contribution < -0.4 is 0 Å². The van der Waals surface area contributed by atoms with Crippen molar-refractivity contribution in [1.29, 1.82) is 0 Å². The standard InChI is InChI=1S/C15H20ClNO3S/c1-3-17(4-2)21(18,19)20-13-9-12-10-7-5-6-8-11(10)14(13)15(12)16/h5-8,12-15H,3-4,9H2,1-2H3/t12-,13-,14-,15+/m0/s1. The average molecular weight is 330 g/mol. The van der Waals surface area contributed by atoms with Crippen molar-refractivity contribution < 1.29 is 12.6 Å². The Labute approximate surface area is 131 Å². The first-order valence-corrected chi connectivity index (χ1v) is 9.21. The lowest BCUT2D eigenvalue weighted by Gasteiger charge is -2.26. The van der Waals surface area contributed by atoms with Crippen molar-refractivity contribution in [2.75, 3.05) is 13.1 Å². The number of rotatable bonds is 5. The molecule has 0 saturated heterocycles. The third-order valence-electron chi connectivity index (χ3n) is 4.64. The number of hydrogen-bond acceptors (Lipinski definition) is 3. The second-order valence-corrected chi connectivity index (χ2v) is 7.69. The van der Waals surface area contributed by atoms with Gasteiger partial charge in [0.2, 0.25) is 0 Å². The topological polar surface area (TPSA) is 46.6 Å². The first-order valence-electron chi connectivity index (χ1n) is 7.40. The van der Waals surface area contributed by atoms with Gasteiger partial charge in [0.1, 0.15) is 0 Å². The van der Waals surface area contributed by atoms with Crippen LogP contribution in [0.15, 0.2) is 24.3 Å². The third-order valence-corrected chi connectivity index (χ3v) is 6.85. The number of halogens is 1. The van der Waals surface area contributed by atoms with E-state index in [1.807, 2.05) is 32.0 Å². The number of alkyl halides is 1. The molecule has 6 heteroatoms. The summed E-state index contributed by atoms with van der Waals surface area (Å²) < 4.78 is 31.5. The van der Waals surface area contributed by atoms with Crippen LogP contribution in [0.1, 0.15) is 43.2 Å². The van der Waals surface area contributed by atoms with Gasteiger partial charge in [-0.15, -0.1) is 11.6 Å². The van der Waals surface area contributed by atoms with Gasteiger partial charge in [0.15, 0.2) is 0 Å². The molecule has 4 atom stereocenters. The normalized spacial score (nSPS) is 30.9. The summed E-state index contributed by atoms with van der Waals surface area (Å²) in [5, 5.41) is -0.0701. The van der Waals surface area contributed by atoms with Crippen molar-refractivity contribution in [3.05, 3.63) is 35.4 Å². The number of hydrogen-bond donors (Lipinski definition) is 0. The molecule has 0 N–H and O–H groups in total. The van der Waals surface area contributed by atoms with E-state index in [1.54, 1.807) is 0 Å². The van der Waals surface area contributed by atoms with Crippen LogP contribution in [0.2, 0.25) is 0 Å². The molecule has 1 saturated carbocycles. The molecule has 2 aliphatic carbocycles. The van der Waals surface area contributed by atoms with Gasteiger partial charge in [0.25, 0.3) is 0 Å². The molecule has 21 heavy (non-hydrogen) atoms. The first-order chi connectivity index (χ1) is 9.99. The second kappa shape index (κ2) is 5.54. The smallest absolute Gasteiger partial charge is 0.254 e. The van der Waals surface area contributed by atoms with E-state index in [-0.39, 0.29) is 23.3 Å². The summed E-state index contributed by atoms with van der Waals surface area (Å²) in [7, 11) is -3.68. The minimum atomic E-state index is -3.68. The molecular weight excluding hydrogens is 310 g/mol. The summed E-state index contributed by atoms with van der Waals surface area (Å²) in [6, 6.07) is 8.10. The molecule has 0 spiro atoms. The Morgan fingerprint density at radius 3 is 2.48 bits per heavy atom. The van der Waals surface area contributed by atoms with Crippen LogP contribution in [-0.2, 0) is 14.5 Å². The number of benzene rings is 1. The van der Waals surface area contributed by atoms with Gasteiger partial charge >= 0.3 is 10.3 Å². The molecule has 2 aliphatic rings. The van der Waals surface area contributed by atoms with E-state index in [2.05, 4.69) is 6.07 Å². The van der Waals surface area contributed by atoms with Crippen molar-refractivity contribution in [3.8, 4) is 0 Å². The average Bonchev–Trinajstić information content (AvgIpc) is 2.90. The van der Waals surface area contributed by atoms with Gasteiger partial charge in [-0.1, -0.05) is 38.1 Å². The van der Waals surface area contributed by atoms with E-state index in [9.17, 15) is 8.42 Å². The summed E-state index contributed by atoms with van der Waals surface area (Å²) in [4.78, 5) is 0. The molecule has 0 radical (unpaired) electrons. The van der Waals surface area contributed by atoms with E-state index in [1.165, 1.54) is 9.87 Å². The van der Waals surface area contributed by atoms with Crippen LogP contribution in [0.25, 0.3) is 0 Å². The zero-order valence-corrected chi connectivity index (χ0v) is 13.8. The third kappa shape index (κ3) is 2.40. The molecule has 0 unspecified atom stereocenters. The van der Waals surface area contributed by atoms with Gasteiger partial charge in [-0.25, -0.2) is 0 Å². The monoisotopic (exact) mass is 329 g/mol. The highest BCUT2D eigenvalue weighted by atomic mass is 35.5. The summed E-state index contributed by atoms with van der Waals surface area (Å²) in [5.74, 6) is 0.169. The Hall–Kier alpha value is -0.620. The molecule has 0 aliphatic heterocycles. The predicted octanol–water partition coefficient (Wildman–Crippen LogP) is 2.85. The molecule has 1 aromatic carbocycles. The van der Waals surface area contributed by atoms with Gasteiger partial charge in [0, 0.05) is 30.3 Å². The van der Waals surface area contributed by atoms with Crippen molar-refractivity contribution in [1.82, 2.24) is 4.31 Å². The van der Waals surface area contributed by atoms with E-state index in [4.69, 9.17) is 15.8 Å². The molecule has 1 fully saturated rings. The highest BCUT2D eigenvalue weighted by Gasteiger charge is 2.52. The molecule has 4 nitrogen and oxygen atoms in total. The van der Waals surface area contributed by atoms with Crippen LogP contribution >= 0.6 is 11.6 Å². The van der Waals surface area contributed by atoms with Gasteiger partial charge in [-0.3, -0.25) is 4.18 Å². The zero-order valence-electron chi connectivity index (χ0n) is 12.2. The first kappa shape index (κ1) is 15.3.